The van der Waals surface area contributed by atoms with E-state index in [1.54, 1.807) is 0 Å². The summed E-state index contributed by atoms with van der Waals surface area (Å²) in [7, 11) is 0. The summed E-state index contributed by atoms with van der Waals surface area (Å²) in [5.74, 6) is 0. The van der Waals surface area contributed by atoms with Crippen LogP contribution in [0.15, 0.2) is 19.0 Å². The molecule has 0 spiro atoms. The van der Waals surface area contributed by atoms with E-state index in [1.807, 2.05) is 0 Å². The lowest BCUT2D eigenvalue weighted by Gasteiger charge is -1.94. The highest BCUT2D eigenvalue weighted by Gasteiger charge is 2.07. The van der Waals surface area contributed by atoms with Crippen LogP contribution < -0.4 is 0 Å². The van der Waals surface area contributed by atoms with Crippen molar-refractivity contribution in [1.29, 1.82) is 0 Å². The Morgan fingerprint density at radius 1 is 0.545 bits per heavy atom. The van der Waals surface area contributed by atoms with E-state index in [0.29, 0.717) is 0 Å². The summed E-state index contributed by atoms with van der Waals surface area (Å²) in [6, 6.07) is 0. The van der Waals surface area contributed by atoms with Crippen molar-refractivity contribution in [2.24, 2.45) is 0 Å². The van der Waals surface area contributed by atoms with Gasteiger partial charge in [-0.15, -0.1) is 12.4 Å². The molecule has 0 atom stereocenters. The van der Waals surface area contributed by atoms with Crippen LogP contribution in [0.3, 0.4) is 0 Å². The van der Waals surface area contributed by atoms with Gasteiger partial charge in [0.05, 0.1) is 10.1 Å². The highest BCUT2D eigenvalue weighted by molar-refractivity contribution is 6.65. The Hall–Kier alpha value is 1.51. The molecule has 0 bridgehead atoms. The Balaban J connectivity index is 0. The molecule has 0 aliphatic carbocycles. The maximum Gasteiger partial charge on any atom is 0.127 e. The molecule has 0 heterocycles. The minimum Gasteiger partial charge on any atom is -0.147 e. The molecule has 66 valence electrons. The van der Waals surface area contributed by atoms with Crippen LogP contribution in [-0.4, -0.2) is 0 Å². The number of rotatable bonds is 1. The molecule has 0 amide bonds. The highest BCUT2D eigenvalue weighted by Crippen LogP contribution is 2.32. The standard InChI is InChI=1S/C4Cl6.ClH/c5-1(3(7)8)2(6)4(9)10;/h;1H. The second-order valence-corrected chi connectivity index (χ2v) is 3.80. The Morgan fingerprint density at radius 2 is 0.727 bits per heavy atom. The zero-order chi connectivity index (χ0) is 8.31. The van der Waals surface area contributed by atoms with E-state index < -0.39 is 0 Å². The first-order valence-corrected chi connectivity index (χ1v) is 4.15. The van der Waals surface area contributed by atoms with Crippen molar-refractivity contribution in [3.05, 3.63) is 19.0 Å². The van der Waals surface area contributed by atoms with E-state index in [9.17, 15) is 0 Å². The van der Waals surface area contributed by atoms with Gasteiger partial charge in [0, 0.05) is 0 Å². The first-order valence-electron chi connectivity index (χ1n) is 1.88. The molecule has 0 aromatic carbocycles. The van der Waals surface area contributed by atoms with Crippen LogP contribution in [0.1, 0.15) is 0 Å². The fourth-order valence-corrected chi connectivity index (χ4v) is 0.926. The molecule has 0 aliphatic rings. The Labute approximate surface area is 100 Å². The van der Waals surface area contributed by atoms with Crippen LogP contribution in [0.2, 0.25) is 0 Å². The molecule has 11 heavy (non-hydrogen) atoms. The number of halogens is 7. The number of allylic oxidation sites excluding steroid dienone is 2. The fraction of sp³-hybridized carbons (Fsp3) is 0. The van der Waals surface area contributed by atoms with Gasteiger partial charge in [0.2, 0.25) is 0 Å². The molecule has 0 aromatic rings. The van der Waals surface area contributed by atoms with Crippen molar-refractivity contribution in [2.75, 3.05) is 0 Å². The zero-order valence-electron chi connectivity index (χ0n) is 4.68. The molecular weight excluding hydrogens is 296 g/mol. The molecule has 0 fully saturated rings. The van der Waals surface area contributed by atoms with E-state index in [2.05, 4.69) is 0 Å². The average Bonchev–Trinajstić information content (AvgIpc) is 1.84. The van der Waals surface area contributed by atoms with Crippen LogP contribution in [-0.2, 0) is 0 Å². The van der Waals surface area contributed by atoms with Crippen molar-refractivity contribution in [1.82, 2.24) is 0 Å². The van der Waals surface area contributed by atoms with Crippen molar-refractivity contribution >= 4 is 82.0 Å². The van der Waals surface area contributed by atoms with Crippen molar-refractivity contribution in [3.63, 3.8) is 0 Å². The summed E-state index contributed by atoms with van der Waals surface area (Å²) in [5, 5.41) is -0.130. The summed E-state index contributed by atoms with van der Waals surface area (Å²) >= 11 is 31.8. The minimum absolute atomic E-state index is 0. The lowest BCUT2D eigenvalue weighted by molar-refractivity contribution is 1.84. The van der Waals surface area contributed by atoms with E-state index in [0.717, 1.165) is 0 Å². The van der Waals surface area contributed by atoms with Gasteiger partial charge in [-0.05, 0) is 0 Å². The topological polar surface area (TPSA) is 0 Å². The largest absolute Gasteiger partial charge is 0.147 e. The zero-order valence-corrected chi connectivity index (χ0v) is 10.0. The monoisotopic (exact) mass is 294 g/mol. The molecule has 0 saturated heterocycles. The van der Waals surface area contributed by atoms with Gasteiger partial charge < -0.3 is 0 Å². The van der Waals surface area contributed by atoms with E-state index in [1.165, 1.54) is 0 Å². The van der Waals surface area contributed by atoms with Crippen molar-refractivity contribution in [2.45, 2.75) is 0 Å². The fourth-order valence-electron chi connectivity index (χ4n) is 0.166. The molecule has 0 radical (unpaired) electrons. The maximum absolute atomic E-state index is 5.42. The molecule has 0 aliphatic heterocycles. The third-order valence-electron chi connectivity index (χ3n) is 0.525. The smallest absolute Gasteiger partial charge is 0.127 e. The van der Waals surface area contributed by atoms with Crippen molar-refractivity contribution < 1.29 is 0 Å². The third-order valence-corrected chi connectivity index (χ3v) is 2.52. The van der Waals surface area contributed by atoms with E-state index in [4.69, 9.17) is 69.6 Å². The lowest BCUT2D eigenvalue weighted by Crippen LogP contribution is -1.73. The quantitative estimate of drug-likeness (QED) is 0.585. The van der Waals surface area contributed by atoms with Gasteiger partial charge in [0.1, 0.15) is 8.98 Å². The third kappa shape index (κ3) is 5.70. The molecule has 7 heteroatoms. The van der Waals surface area contributed by atoms with Crippen LogP contribution in [0, 0.1) is 0 Å². The first-order chi connectivity index (χ1) is 4.46. The van der Waals surface area contributed by atoms with Crippen LogP contribution >= 0.6 is 82.0 Å². The van der Waals surface area contributed by atoms with Gasteiger partial charge in [-0.2, -0.15) is 0 Å². The predicted molar refractivity (Wildman–Crippen MR) is 56.4 cm³/mol. The second-order valence-electron chi connectivity index (χ2n) is 1.15. The molecule has 0 N–H and O–H groups in total. The first kappa shape index (κ1) is 15.0. The Morgan fingerprint density at radius 3 is 0.818 bits per heavy atom. The summed E-state index contributed by atoms with van der Waals surface area (Å²) in [4.78, 5) is 0. The summed E-state index contributed by atoms with van der Waals surface area (Å²) in [6.45, 7) is 0. The van der Waals surface area contributed by atoms with Gasteiger partial charge in [-0.1, -0.05) is 69.6 Å². The second kappa shape index (κ2) is 6.97. The van der Waals surface area contributed by atoms with Gasteiger partial charge in [0.25, 0.3) is 0 Å². The Kier molecular flexibility index (Phi) is 9.50. The van der Waals surface area contributed by atoms with Gasteiger partial charge in [0.15, 0.2) is 0 Å². The SMILES string of the molecule is Cl.ClC(Cl)=C(Cl)C(Cl)=C(Cl)Cl. The molecule has 0 aromatic heterocycles. The van der Waals surface area contributed by atoms with Crippen LogP contribution in [0.25, 0.3) is 0 Å². The number of hydrogen-bond acceptors (Lipinski definition) is 0. The van der Waals surface area contributed by atoms with E-state index in [-0.39, 0.29) is 31.5 Å². The highest BCUT2D eigenvalue weighted by atomic mass is 35.5. The molecular formula is C4HCl7. The molecule has 0 nitrogen and oxygen atoms in total. The minimum atomic E-state index is -0.175. The molecule has 0 saturated carbocycles. The molecule has 0 unspecified atom stereocenters. The average molecular weight is 297 g/mol. The van der Waals surface area contributed by atoms with Crippen LogP contribution in [0.5, 0.6) is 0 Å². The van der Waals surface area contributed by atoms with Gasteiger partial charge in [-0.3, -0.25) is 0 Å². The Bertz CT molecular complexity index is 161. The summed E-state index contributed by atoms with van der Waals surface area (Å²) < 4.78 is -0.351. The molecule has 0 rings (SSSR count). The maximum atomic E-state index is 5.42. The normalized spacial score (nSPS) is 8.18. The predicted octanol–water partition coefficient (Wildman–Crippen LogP) is 5.18. The summed E-state index contributed by atoms with van der Waals surface area (Å²) in [5.41, 5.74) is 0. The summed E-state index contributed by atoms with van der Waals surface area (Å²) in [6.07, 6.45) is 0. The van der Waals surface area contributed by atoms with Gasteiger partial charge >= 0.3 is 0 Å². The van der Waals surface area contributed by atoms with Gasteiger partial charge in [-0.25, -0.2) is 0 Å². The van der Waals surface area contributed by atoms with Crippen molar-refractivity contribution in [3.8, 4) is 0 Å². The van der Waals surface area contributed by atoms with E-state index >= 15 is 0 Å². The number of hydrogen-bond donors (Lipinski definition) is 0. The van der Waals surface area contributed by atoms with Crippen LogP contribution in [0.4, 0.5) is 0 Å². The lowest BCUT2D eigenvalue weighted by atomic mass is 10.6.